The van der Waals surface area contributed by atoms with Crippen molar-refractivity contribution in [2.24, 2.45) is 0 Å². The van der Waals surface area contributed by atoms with Crippen molar-refractivity contribution >= 4 is 17.9 Å². The molecule has 61 heavy (non-hydrogen) atoms. The van der Waals surface area contributed by atoms with Gasteiger partial charge in [-0.1, -0.05) is 13.3 Å². The fraction of sp³-hybridized carbons (Fsp3) is 0.145. The molecule has 0 aliphatic heterocycles. The Kier molecular flexibility index (Phi) is 31.3. The van der Waals surface area contributed by atoms with E-state index in [2.05, 4.69) is 249 Å². The Balaban J connectivity index is 5.17. The highest BCUT2D eigenvalue weighted by Crippen LogP contribution is 2.23. The van der Waals surface area contributed by atoms with Gasteiger partial charge in [-0.3, -0.25) is 14.4 Å². The second-order valence-electron chi connectivity index (χ2n) is 9.57. The maximum absolute atomic E-state index is 12.5. The topological polar surface area (TPSA) is 78.9 Å². The van der Waals surface area contributed by atoms with E-state index in [9.17, 15) is 14.4 Å². The van der Waals surface area contributed by atoms with Gasteiger partial charge in [-0.15, -0.1) is 12.8 Å². The first kappa shape index (κ1) is 49.7. The minimum atomic E-state index is -1.63. The van der Waals surface area contributed by atoms with Gasteiger partial charge in [-0.2, -0.15) is 0 Å². The number of ether oxygens (including phenoxy) is 3. The average Bonchev–Trinajstić information content (AvgIpc) is 3.23. The summed E-state index contributed by atoms with van der Waals surface area (Å²) in [6.45, 7) is 3.26. The van der Waals surface area contributed by atoms with Gasteiger partial charge in [0, 0.05) is 149 Å². The van der Waals surface area contributed by atoms with Crippen LogP contribution in [0.1, 0.15) is 46.0 Å². The summed E-state index contributed by atoms with van der Waals surface area (Å²) < 4.78 is 15.1. The van der Waals surface area contributed by atoms with Gasteiger partial charge in [0.2, 0.25) is 0 Å². The van der Waals surface area contributed by atoms with Gasteiger partial charge in [0.25, 0.3) is 0 Å². The summed E-state index contributed by atoms with van der Waals surface area (Å²) in [5, 5.41) is 0. The summed E-state index contributed by atoms with van der Waals surface area (Å²) in [7, 11) is 0. The first-order valence-electron chi connectivity index (χ1n) is 16.4. The van der Waals surface area contributed by atoms with Gasteiger partial charge < -0.3 is 14.2 Å². The molecular weight excluding hydrogens is 757 g/mol. The van der Waals surface area contributed by atoms with E-state index in [1.165, 1.54) is 6.92 Å². The first-order chi connectivity index (χ1) is 29.9. The maximum Gasteiger partial charge on any atom is 0.323 e. The molecule has 0 aliphatic rings. The summed E-state index contributed by atoms with van der Waals surface area (Å²) >= 11 is 0. The van der Waals surface area contributed by atoms with Gasteiger partial charge >= 0.3 is 17.9 Å². The molecule has 6 nitrogen and oxygen atoms in total. The third-order valence-electron chi connectivity index (χ3n) is 4.96. The Bertz CT molecular complexity index is 3000. The van der Waals surface area contributed by atoms with Crippen LogP contribution in [-0.4, -0.2) is 23.5 Å². The molecule has 0 amide bonds. The van der Waals surface area contributed by atoms with Crippen molar-refractivity contribution < 1.29 is 28.6 Å². The fourth-order valence-corrected chi connectivity index (χ4v) is 2.82. The van der Waals surface area contributed by atoms with E-state index in [-0.39, 0.29) is 6.42 Å². The predicted octanol–water partition coefficient (Wildman–Crippen LogP) is 1.59. The standard InChI is InChI=1S/C55H18O6/c1-5-8-11-13-15-17-19-21-23-25-27-29-31-33-35-37-39-41-43-45-48-59-53(57)50-55(4,61-52(56)47-10-7-3)51-54(58)60-49-46-44-42-40-38-36-34-32-30-28-26-24-22-20-18-16-14-12-9-6-2/h1-2H,7,10,47,50-51H2,3-4H3. The van der Waals surface area contributed by atoms with Gasteiger partial charge in [0.15, 0.2) is 0 Å². The molecule has 0 radical (unpaired) electrons. The van der Waals surface area contributed by atoms with Crippen molar-refractivity contribution in [2.45, 2.75) is 51.6 Å². The number of hydrogen-bond donors (Lipinski definition) is 0. The zero-order valence-electron chi connectivity index (χ0n) is 32.1. The molecule has 0 bridgehead atoms. The Hall–Kier alpha value is -11.3. The molecule has 0 aromatic rings. The van der Waals surface area contributed by atoms with Gasteiger partial charge in [-0.25, -0.2) is 0 Å². The predicted molar refractivity (Wildman–Crippen MR) is 229 cm³/mol. The molecule has 0 aromatic heterocycles. The number of carbonyl (C=O) groups is 3. The average molecular weight is 775 g/mol. The van der Waals surface area contributed by atoms with E-state index in [1.807, 2.05) is 6.92 Å². The number of terminal acetylenes is 2. The number of rotatable bonds is 8. The van der Waals surface area contributed by atoms with Crippen molar-refractivity contribution in [3.05, 3.63) is 0 Å². The Morgan fingerprint density at radius 3 is 0.836 bits per heavy atom. The quantitative estimate of drug-likeness (QED) is 0.212. The van der Waals surface area contributed by atoms with E-state index >= 15 is 0 Å². The van der Waals surface area contributed by atoms with E-state index < -0.39 is 36.4 Å². The van der Waals surface area contributed by atoms with Crippen molar-refractivity contribution in [1.29, 1.82) is 0 Å². The van der Waals surface area contributed by atoms with Gasteiger partial charge in [0.05, 0.1) is 12.8 Å². The van der Waals surface area contributed by atoms with Crippen LogP contribution in [0.2, 0.25) is 0 Å². The maximum atomic E-state index is 12.5. The van der Waals surface area contributed by atoms with Gasteiger partial charge in [0.1, 0.15) is 17.8 Å². The third kappa shape index (κ3) is 36.9. The van der Waals surface area contributed by atoms with E-state index in [0.717, 1.165) is 6.42 Å². The lowest BCUT2D eigenvalue weighted by Crippen LogP contribution is -2.37. The molecule has 6 heteroatoms. The molecule has 0 saturated heterocycles. The molecule has 0 unspecified atom stereocenters. The number of unbranched alkanes of at least 4 members (excludes halogenated alkanes) is 1. The van der Waals surface area contributed by atoms with Crippen molar-refractivity contribution in [3.63, 3.8) is 0 Å². The number of hydrogen-bond acceptors (Lipinski definition) is 6. The van der Waals surface area contributed by atoms with Crippen LogP contribution in [0.4, 0.5) is 0 Å². The summed E-state index contributed by atoms with van der Waals surface area (Å²) in [5.74, 6) is 93.8. The highest BCUT2D eigenvalue weighted by atomic mass is 16.6. The summed E-state index contributed by atoms with van der Waals surface area (Å²) in [4.78, 5) is 37.3. The molecule has 0 aromatic carbocycles. The van der Waals surface area contributed by atoms with Crippen LogP contribution >= 0.6 is 0 Å². The van der Waals surface area contributed by atoms with Crippen LogP contribution in [0.25, 0.3) is 0 Å². The van der Waals surface area contributed by atoms with Crippen molar-refractivity contribution in [1.82, 2.24) is 0 Å². The van der Waals surface area contributed by atoms with Crippen LogP contribution in [-0.2, 0) is 28.6 Å². The molecule has 0 heterocycles. The molecule has 0 rings (SSSR count). The Morgan fingerprint density at radius 2 is 0.607 bits per heavy atom. The van der Waals surface area contributed by atoms with E-state index in [0.29, 0.717) is 6.42 Å². The largest absolute Gasteiger partial charge is 0.458 e. The van der Waals surface area contributed by atoms with Crippen LogP contribution < -0.4 is 0 Å². The lowest BCUT2D eigenvalue weighted by molar-refractivity contribution is -0.167. The third-order valence-corrected chi connectivity index (χ3v) is 4.96. The molecule has 0 aliphatic carbocycles. The molecular formula is C55H18O6. The van der Waals surface area contributed by atoms with E-state index in [4.69, 9.17) is 27.1 Å². The summed E-state index contributed by atoms with van der Waals surface area (Å²) in [5.41, 5.74) is -1.63. The van der Waals surface area contributed by atoms with Gasteiger partial charge in [-0.05, 0) is 108 Å². The Labute approximate surface area is 358 Å². The highest BCUT2D eigenvalue weighted by Gasteiger charge is 2.36. The fourth-order valence-electron chi connectivity index (χ4n) is 2.82. The van der Waals surface area contributed by atoms with E-state index in [1.54, 1.807) is 0 Å². The number of esters is 3. The monoisotopic (exact) mass is 774 g/mol. The molecule has 0 N–H and O–H groups in total. The zero-order chi connectivity index (χ0) is 44.6. The molecule has 0 spiro atoms. The Morgan fingerprint density at radius 1 is 0.377 bits per heavy atom. The van der Waals surface area contributed by atoms with Crippen LogP contribution in [0.15, 0.2) is 0 Å². The molecule has 274 valence electrons. The van der Waals surface area contributed by atoms with Crippen LogP contribution in [0.5, 0.6) is 0 Å². The molecule has 0 fully saturated rings. The van der Waals surface area contributed by atoms with Crippen molar-refractivity contribution in [2.75, 3.05) is 0 Å². The SMILES string of the molecule is C#CC#CC#CC#CC#CC#CC#CC#CC#CC#CC#COC(=O)CC(C)(CC(=O)OC#CC#CC#CC#CC#CC#CC#CC#CC#CC#CC#C)OC(=O)CCCC. The minimum absolute atomic E-state index is 0.0719. The van der Waals surface area contributed by atoms with Crippen molar-refractivity contribution in [3.8, 4) is 262 Å². The highest BCUT2D eigenvalue weighted by molar-refractivity contribution is 5.78. The number of carbonyl (C=O) groups excluding carboxylic acids is 3. The lowest BCUT2D eigenvalue weighted by Gasteiger charge is -2.27. The zero-order valence-corrected chi connectivity index (χ0v) is 32.1. The first-order valence-corrected chi connectivity index (χ1v) is 16.4. The second-order valence-corrected chi connectivity index (χ2v) is 9.57. The normalized spacial score (nSPS) is 6.03. The lowest BCUT2D eigenvalue weighted by atomic mass is 9.97. The summed E-state index contributed by atoms with van der Waals surface area (Å²) in [6, 6.07) is 0. The molecule has 0 saturated carbocycles. The smallest absolute Gasteiger partial charge is 0.323 e. The minimum Gasteiger partial charge on any atom is -0.458 e. The second kappa shape index (κ2) is 38.5. The summed E-state index contributed by atoms with van der Waals surface area (Å²) in [6.07, 6.45) is 14.4. The van der Waals surface area contributed by atoms with Crippen LogP contribution in [0.3, 0.4) is 0 Å². The van der Waals surface area contributed by atoms with Crippen LogP contribution in [0, 0.1) is 262 Å². The molecule has 0 atom stereocenters.